The number of hydrogen-bond acceptors (Lipinski definition) is 3. The summed E-state index contributed by atoms with van der Waals surface area (Å²) in [7, 11) is 1.89. The van der Waals surface area contributed by atoms with Gasteiger partial charge in [-0.05, 0) is 24.1 Å². The Morgan fingerprint density at radius 1 is 1.33 bits per heavy atom. The van der Waals surface area contributed by atoms with Gasteiger partial charge in [-0.15, -0.1) is 0 Å². The fourth-order valence-corrected chi connectivity index (χ4v) is 1.76. The Labute approximate surface area is 107 Å². The predicted octanol–water partition coefficient (Wildman–Crippen LogP) is 2.41. The molecule has 0 saturated carbocycles. The highest BCUT2D eigenvalue weighted by atomic mass is 16.5. The highest BCUT2D eigenvalue weighted by Crippen LogP contribution is 2.19. The van der Waals surface area contributed by atoms with Crippen LogP contribution in [0.4, 0.5) is 0 Å². The Bertz CT molecular complexity index is 490. The number of benzene rings is 1. The Morgan fingerprint density at radius 3 is 2.61 bits per heavy atom. The van der Waals surface area contributed by atoms with Gasteiger partial charge in [-0.2, -0.15) is 5.10 Å². The van der Waals surface area contributed by atoms with Gasteiger partial charge in [-0.3, -0.25) is 4.68 Å². The van der Waals surface area contributed by atoms with Crippen molar-refractivity contribution in [3.8, 4) is 5.75 Å². The molecule has 0 aliphatic carbocycles. The van der Waals surface area contributed by atoms with Gasteiger partial charge >= 0.3 is 0 Å². The van der Waals surface area contributed by atoms with Crippen molar-refractivity contribution in [1.29, 1.82) is 0 Å². The second kappa shape index (κ2) is 5.69. The summed E-state index contributed by atoms with van der Waals surface area (Å²) in [6, 6.07) is 8.07. The van der Waals surface area contributed by atoms with E-state index in [1.807, 2.05) is 37.5 Å². The van der Waals surface area contributed by atoms with Crippen molar-refractivity contribution in [2.24, 2.45) is 12.8 Å². The molecule has 1 aromatic carbocycles. The van der Waals surface area contributed by atoms with Crippen LogP contribution in [0, 0.1) is 0 Å². The lowest BCUT2D eigenvalue weighted by molar-refractivity contribution is 0.306. The predicted molar refractivity (Wildman–Crippen MR) is 71.2 cm³/mol. The molecule has 96 valence electrons. The van der Waals surface area contributed by atoms with Gasteiger partial charge in [0.2, 0.25) is 0 Å². The van der Waals surface area contributed by atoms with Gasteiger partial charge in [0, 0.05) is 24.8 Å². The molecule has 4 heteroatoms. The Balaban J connectivity index is 1.94. The van der Waals surface area contributed by atoms with Crippen molar-refractivity contribution in [3.05, 3.63) is 47.8 Å². The molecular formula is C14H19N3O. The fourth-order valence-electron chi connectivity index (χ4n) is 1.76. The molecule has 4 nitrogen and oxygen atoms in total. The maximum absolute atomic E-state index is 5.96. The number of aryl methyl sites for hydroxylation is 1. The lowest BCUT2D eigenvalue weighted by Gasteiger charge is -2.10. The van der Waals surface area contributed by atoms with Crippen LogP contribution in [0.2, 0.25) is 0 Å². The first-order chi connectivity index (χ1) is 8.69. The zero-order chi connectivity index (χ0) is 13.0. The monoisotopic (exact) mass is 245 g/mol. The van der Waals surface area contributed by atoms with Crippen molar-refractivity contribution in [3.63, 3.8) is 0 Å². The molecule has 2 rings (SSSR count). The Kier molecular flexibility index (Phi) is 3.99. The summed E-state index contributed by atoms with van der Waals surface area (Å²) in [6.45, 7) is 2.62. The smallest absolute Gasteiger partial charge is 0.119 e. The van der Waals surface area contributed by atoms with Gasteiger partial charge in [0.1, 0.15) is 12.4 Å². The van der Waals surface area contributed by atoms with Crippen LogP contribution in [0.5, 0.6) is 5.75 Å². The third-order valence-corrected chi connectivity index (χ3v) is 2.91. The van der Waals surface area contributed by atoms with E-state index in [1.54, 1.807) is 10.9 Å². The van der Waals surface area contributed by atoms with E-state index in [4.69, 9.17) is 10.5 Å². The standard InChI is InChI=1S/C14H19N3O/c1-3-14(15)12-4-6-13(7-5-12)18-10-11-8-16-17(2)9-11/h4-9,14H,3,10,15H2,1-2H3/t14-/m1/s1. The minimum absolute atomic E-state index is 0.109. The van der Waals surface area contributed by atoms with Gasteiger partial charge in [0.25, 0.3) is 0 Å². The summed E-state index contributed by atoms with van der Waals surface area (Å²) >= 11 is 0. The van der Waals surface area contributed by atoms with Gasteiger partial charge in [-0.1, -0.05) is 19.1 Å². The van der Waals surface area contributed by atoms with Crippen molar-refractivity contribution >= 4 is 0 Å². The molecule has 0 saturated heterocycles. The van der Waals surface area contributed by atoms with Crippen LogP contribution in [0.3, 0.4) is 0 Å². The number of hydrogen-bond donors (Lipinski definition) is 1. The molecule has 0 unspecified atom stereocenters. The summed E-state index contributed by atoms with van der Waals surface area (Å²) in [5, 5.41) is 4.10. The van der Waals surface area contributed by atoms with Crippen LogP contribution in [0.25, 0.3) is 0 Å². The topological polar surface area (TPSA) is 53.1 Å². The molecular weight excluding hydrogens is 226 g/mol. The molecule has 0 bridgehead atoms. The molecule has 1 atom stereocenters. The summed E-state index contributed by atoms with van der Waals surface area (Å²) < 4.78 is 7.45. The van der Waals surface area contributed by atoms with E-state index in [9.17, 15) is 0 Å². The minimum Gasteiger partial charge on any atom is -0.489 e. The van der Waals surface area contributed by atoms with Crippen molar-refractivity contribution in [1.82, 2.24) is 9.78 Å². The van der Waals surface area contributed by atoms with Gasteiger partial charge in [0.05, 0.1) is 6.20 Å². The lowest BCUT2D eigenvalue weighted by Crippen LogP contribution is -2.08. The zero-order valence-corrected chi connectivity index (χ0v) is 10.8. The summed E-state index contributed by atoms with van der Waals surface area (Å²) in [4.78, 5) is 0. The van der Waals surface area contributed by atoms with Gasteiger partial charge < -0.3 is 10.5 Å². The summed E-state index contributed by atoms with van der Waals surface area (Å²) in [6.07, 6.45) is 4.69. The molecule has 0 radical (unpaired) electrons. The van der Waals surface area contributed by atoms with Crippen LogP contribution in [-0.2, 0) is 13.7 Å². The quantitative estimate of drug-likeness (QED) is 0.880. The number of nitrogens with zero attached hydrogens (tertiary/aromatic N) is 2. The third kappa shape index (κ3) is 3.11. The van der Waals surface area contributed by atoms with Crippen molar-refractivity contribution < 1.29 is 4.74 Å². The van der Waals surface area contributed by atoms with Crippen LogP contribution < -0.4 is 10.5 Å². The number of rotatable bonds is 5. The second-order valence-electron chi connectivity index (χ2n) is 4.39. The van der Waals surface area contributed by atoms with Crippen LogP contribution >= 0.6 is 0 Å². The molecule has 0 spiro atoms. The van der Waals surface area contributed by atoms with E-state index >= 15 is 0 Å². The maximum atomic E-state index is 5.96. The molecule has 2 N–H and O–H groups in total. The normalized spacial score (nSPS) is 12.4. The molecule has 0 amide bonds. The summed E-state index contributed by atoms with van der Waals surface area (Å²) in [5.74, 6) is 0.853. The number of ether oxygens (including phenoxy) is 1. The Hall–Kier alpha value is -1.81. The van der Waals surface area contributed by atoms with E-state index in [0.717, 1.165) is 23.3 Å². The molecule has 1 aromatic heterocycles. The van der Waals surface area contributed by atoms with Crippen molar-refractivity contribution in [2.45, 2.75) is 26.0 Å². The first kappa shape index (κ1) is 12.6. The third-order valence-electron chi connectivity index (χ3n) is 2.91. The van der Waals surface area contributed by atoms with Crippen LogP contribution in [0.1, 0.15) is 30.5 Å². The first-order valence-electron chi connectivity index (χ1n) is 6.15. The number of nitrogens with two attached hydrogens (primary N) is 1. The molecule has 0 aliphatic heterocycles. The maximum Gasteiger partial charge on any atom is 0.119 e. The highest BCUT2D eigenvalue weighted by Gasteiger charge is 2.03. The van der Waals surface area contributed by atoms with Crippen LogP contribution in [-0.4, -0.2) is 9.78 Å². The lowest BCUT2D eigenvalue weighted by atomic mass is 10.1. The largest absolute Gasteiger partial charge is 0.489 e. The van der Waals surface area contributed by atoms with E-state index in [-0.39, 0.29) is 6.04 Å². The molecule has 0 aliphatic rings. The van der Waals surface area contributed by atoms with Crippen molar-refractivity contribution in [2.75, 3.05) is 0 Å². The zero-order valence-electron chi connectivity index (χ0n) is 10.8. The molecule has 18 heavy (non-hydrogen) atoms. The van der Waals surface area contributed by atoms with E-state index < -0.39 is 0 Å². The molecule has 1 heterocycles. The average molecular weight is 245 g/mol. The van der Waals surface area contributed by atoms with E-state index in [2.05, 4.69) is 12.0 Å². The van der Waals surface area contributed by atoms with Gasteiger partial charge in [-0.25, -0.2) is 0 Å². The minimum atomic E-state index is 0.109. The first-order valence-corrected chi connectivity index (χ1v) is 6.15. The fraction of sp³-hybridized carbons (Fsp3) is 0.357. The molecule has 2 aromatic rings. The van der Waals surface area contributed by atoms with E-state index in [0.29, 0.717) is 6.61 Å². The highest BCUT2D eigenvalue weighted by molar-refractivity contribution is 5.29. The summed E-state index contributed by atoms with van der Waals surface area (Å²) in [5.41, 5.74) is 8.17. The SMILES string of the molecule is CC[C@@H](N)c1ccc(OCc2cnn(C)c2)cc1. The van der Waals surface area contributed by atoms with Crippen LogP contribution in [0.15, 0.2) is 36.7 Å². The average Bonchev–Trinajstić information content (AvgIpc) is 2.82. The van der Waals surface area contributed by atoms with Gasteiger partial charge in [0.15, 0.2) is 0 Å². The van der Waals surface area contributed by atoms with E-state index in [1.165, 1.54) is 0 Å². The Morgan fingerprint density at radius 2 is 2.06 bits per heavy atom. The molecule has 0 fully saturated rings. The second-order valence-corrected chi connectivity index (χ2v) is 4.39. The number of aromatic nitrogens is 2.